The molecule has 1 aliphatic rings. The first-order valence-electron chi connectivity index (χ1n) is 7.55. The van der Waals surface area contributed by atoms with Crippen LogP contribution in [-0.2, 0) is 26.9 Å². The van der Waals surface area contributed by atoms with Crippen LogP contribution in [0.2, 0.25) is 5.02 Å². The number of sulfone groups is 1. The second kappa shape index (κ2) is 6.08. The van der Waals surface area contributed by atoms with Crippen molar-refractivity contribution >= 4 is 31.5 Å². The fourth-order valence-corrected chi connectivity index (χ4v) is 6.76. The largest absolute Gasteiger partial charge is 0.271 e. The average molecular weight is 404 g/mol. The van der Waals surface area contributed by atoms with Crippen molar-refractivity contribution in [2.24, 2.45) is 7.05 Å². The highest BCUT2D eigenvalue weighted by atomic mass is 35.5. The van der Waals surface area contributed by atoms with E-state index in [0.717, 1.165) is 0 Å². The number of aryl methyl sites for hydroxylation is 2. The summed E-state index contributed by atoms with van der Waals surface area (Å²) < 4.78 is 53.4. The molecular weight excluding hydrogens is 386 g/mol. The lowest BCUT2D eigenvalue weighted by Gasteiger charge is -2.37. The molecule has 1 saturated heterocycles. The van der Waals surface area contributed by atoms with Gasteiger partial charge in [-0.3, -0.25) is 4.68 Å². The predicted molar refractivity (Wildman–Crippen MR) is 93.9 cm³/mol. The van der Waals surface area contributed by atoms with Gasteiger partial charge in [0.15, 0.2) is 9.84 Å². The molecule has 1 fully saturated rings. The van der Waals surface area contributed by atoms with E-state index in [1.807, 2.05) is 0 Å². The van der Waals surface area contributed by atoms with E-state index >= 15 is 0 Å². The highest BCUT2D eigenvalue weighted by Gasteiger charge is 2.45. The molecule has 0 spiro atoms. The lowest BCUT2D eigenvalue weighted by Crippen LogP contribution is -2.56. The number of benzene rings is 1. The summed E-state index contributed by atoms with van der Waals surface area (Å²) in [5.74, 6) is 0. The van der Waals surface area contributed by atoms with Crippen LogP contribution in [0.4, 0.5) is 0 Å². The number of halogens is 1. The summed E-state index contributed by atoms with van der Waals surface area (Å²) in [6.07, 6.45) is 0. The highest BCUT2D eigenvalue weighted by Crippen LogP contribution is 2.31. The standard InChI is InChI=1S/C15H18ClN3O4S2/c1-10-15(11(2)18(3)17-10)25(22,23)19-8-14(9-19)24(20,21)13-6-4-12(16)5-7-13/h4-7,14H,8-9H2,1-3H3. The van der Waals surface area contributed by atoms with Gasteiger partial charge in [0.2, 0.25) is 10.0 Å². The molecule has 1 aromatic heterocycles. The van der Waals surface area contributed by atoms with Gasteiger partial charge < -0.3 is 0 Å². The van der Waals surface area contributed by atoms with Gasteiger partial charge >= 0.3 is 0 Å². The Balaban J connectivity index is 1.83. The number of sulfonamides is 1. The fourth-order valence-electron chi connectivity index (χ4n) is 2.87. The molecule has 2 heterocycles. The number of aromatic nitrogens is 2. The van der Waals surface area contributed by atoms with Crippen LogP contribution in [0.5, 0.6) is 0 Å². The van der Waals surface area contributed by atoms with Crippen molar-refractivity contribution in [2.75, 3.05) is 13.1 Å². The van der Waals surface area contributed by atoms with Gasteiger partial charge in [0.05, 0.1) is 21.5 Å². The Kier molecular flexibility index (Phi) is 4.47. The number of hydrogen-bond acceptors (Lipinski definition) is 5. The van der Waals surface area contributed by atoms with Gasteiger partial charge in [0, 0.05) is 25.2 Å². The average Bonchev–Trinajstić information content (AvgIpc) is 2.70. The summed E-state index contributed by atoms with van der Waals surface area (Å²) in [6, 6.07) is 5.88. The highest BCUT2D eigenvalue weighted by molar-refractivity contribution is 7.92. The molecule has 1 aliphatic heterocycles. The maximum atomic E-state index is 12.8. The molecular formula is C15H18ClN3O4S2. The smallest absolute Gasteiger partial charge is 0.246 e. The normalized spacial score (nSPS) is 16.8. The van der Waals surface area contributed by atoms with Crippen molar-refractivity contribution < 1.29 is 16.8 Å². The quantitative estimate of drug-likeness (QED) is 0.772. The Hall–Kier alpha value is -1.42. The van der Waals surface area contributed by atoms with E-state index in [2.05, 4.69) is 5.10 Å². The van der Waals surface area contributed by atoms with Crippen LogP contribution in [-0.4, -0.2) is 49.3 Å². The second-order valence-corrected chi connectivity index (χ2v) is 10.6. The van der Waals surface area contributed by atoms with Crippen molar-refractivity contribution in [1.82, 2.24) is 14.1 Å². The van der Waals surface area contributed by atoms with Crippen molar-refractivity contribution in [3.8, 4) is 0 Å². The third kappa shape index (κ3) is 2.99. The Morgan fingerprint density at radius 1 is 1.08 bits per heavy atom. The third-order valence-corrected chi connectivity index (χ3v) is 8.88. The summed E-state index contributed by atoms with van der Waals surface area (Å²) >= 11 is 5.78. The first kappa shape index (κ1) is 18.4. The number of rotatable bonds is 4. The van der Waals surface area contributed by atoms with Gasteiger partial charge in [-0.1, -0.05) is 11.6 Å². The van der Waals surface area contributed by atoms with Gasteiger partial charge in [-0.25, -0.2) is 16.8 Å². The van der Waals surface area contributed by atoms with Crippen LogP contribution in [0.25, 0.3) is 0 Å². The Bertz CT molecular complexity index is 1020. The molecule has 10 heteroatoms. The topological polar surface area (TPSA) is 89.3 Å². The van der Waals surface area contributed by atoms with E-state index in [1.54, 1.807) is 20.9 Å². The van der Waals surface area contributed by atoms with Gasteiger partial charge in [0.25, 0.3) is 0 Å². The SMILES string of the molecule is Cc1nn(C)c(C)c1S(=O)(=O)N1CC(S(=O)(=O)c2ccc(Cl)cc2)C1. The summed E-state index contributed by atoms with van der Waals surface area (Å²) in [5.41, 5.74) is 0.936. The monoisotopic (exact) mass is 403 g/mol. The molecule has 1 aromatic carbocycles. The fraction of sp³-hybridized carbons (Fsp3) is 0.400. The minimum Gasteiger partial charge on any atom is -0.271 e. The van der Waals surface area contributed by atoms with Gasteiger partial charge in [-0.2, -0.15) is 9.40 Å². The second-order valence-electron chi connectivity index (χ2n) is 6.07. The Morgan fingerprint density at radius 2 is 1.64 bits per heavy atom. The molecule has 0 atom stereocenters. The Labute approximate surface area is 152 Å². The Morgan fingerprint density at radius 3 is 2.12 bits per heavy atom. The van der Waals surface area contributed by atoms with E-state index in [0.29, 0.717) is 16.4 Å². The number of nitrogens with zero attached hydrogens (tertiary/aromatic N) is 3. The first-order valence-corrected chi connectivity index (χ1v) is 10.9. The van der Waals surface area contributed by atoms with Gasteiger partial charge in [0.1, 0.15) is 4.90 Å². The van der Waals surface area contributed by atoms with E-state index in [-0.39, 0.29) is 22.9 Å². The third-order valence-electron chi connectivity index (χ3n) is 4.44. The molecule has 0 amide bonds. The van der Waals surface area contributed by atoms with Gasteiger partial charge in [-0.05, 0) is 38.1 Å². The molecule has 0 unspecified atom stereocenters. The molecule has 25 heavy (non-hydrogen) atoms. The molecule has 0 aliphatic carbocycles. The molecule has 7 nitrogen and oxygen atoms in total. The van der Waals surface area contributed by atoms with Crippen molar-refractivity contribution in [3.63, 3.8) is 0 Å². The predicted octanol–water partition coefficient (Wildman–Crippen LogP) is 1.54. The molecule has 0 radical (unpaired) electrons. The van der Waals surface area contributed by atoms with E-state index < -0.39 is 25.1 Å². The van der Waals surface area contributed by atoms with E-state index in [9.17, 15) is 16.8 Å². The lowest BCUT2D eigenvalue weighted by molar-refractivity contribution is 0.309. The zero-order valence-electron chi connectivity index (χ0n) is 14.0. The number of hydrogen-bond donors (Lipinski definition) is 0. The lowest BCUT2D eigenvalue weighted by atomic mass is 10.3. The van der Waals surface area contributed by atoms with Crippen LogP contribution in [0.3, 0.4) is 0 Å². The molecule has 2 aromatic rings. The minimum atomic E-state index is -3.76. The van der Waals surface area contributed by atoms with Crippen molar-refractivity contribution in [3.05, 3.63) is 40.7 Å². The summed E-state index contributed by atoms with van der Waals surface area (Å²) in [7, 11) is -5.68. The first-order chi connectivity index (χ1) is 11.5. The van der Waals surface area contributed by atoms with E-state index in [1.165, 1.54) is 33.3 Å². The van der Waals surface area contributed by atoms with Crippen LogP contribution in [0, 0.1) is 13.8 Å². The minimum absolute atomic E-state index is 0.0684. The van der Waals surface area contributed by atoms with Crippen LogP contribution >= 0.6 is 11.6 Å². The van der Waals surface area contributed by atoms with E-state index in [4.69, 9.17) is 11.6 Å². The zero-order chi connectivity index (χ0) is 18.6. The summed E-state index contributed by atoms with van der Waals surface area (Å²) in [6.45, 7) is 3.17. The molecule has 0 saturated carbocycles. The molecule has 0 N–H and O–H groups in total. The molecule has 3 rings (SSSR count). The summed E-state index contributed by atoms with van der Waals surface area (Å²) in [4.78, 5) is 0.296. The maximum absolute atomic E-state index is 12.8. The zero-order valence-corrected chi connectivity index (χ0v) is 16.4. The van der Waals surface area contributed by atoms with Crippen molar-refractivity contribution in [1.29, 1.82) is 0 Å². The van der Waals surface area contributed by atoms with Crippen LogP contribution < -0.4 is 0 Å². The summed E-state index contributed by atoms with van der Waals surface area (Å²) in [5, 5.41) is 3.80. The molecule has 136 valence electrons. The molecule has 0 bridgehead atoms. The maximum Gasteiger partial charge on any atom is 0.246 e. The van der Waals surface area contributed by atoms with Crippen molar-refractivity contribution in [2.45, 2.75) is 28.9 Å². The van der Waals surface area contributed by atoms with Crippen LogP contribution in [0.15, 0.2) is 34.1 Å². The van der Waals surface area contributed by atoms with Crippen LogP contribution in [0.1, 0.15) is 11.4 Å². The van der Waals surface area contributed by atoms with Gasteiger partial charge in [-0.15, -0.1) is 0 Å².